The molecule has 10 N–H and O–H groups in total. The van der Waals surface area contributed by atoms with Crippen molar-refractivity contribution >= 4 is 8.38 Å². The van der Waals surface area contributed by atoms with Crippen molar-refractivity contribution < 1.29 is 60.1 Å². The topological polar surface area (TPSA) is 221 Å². The summed E-state index contributed by atoms with van der Waals surface area (Å²) in [6.45, 7) is -0.786. The van der Waals surface area contributed by atoms with Crippen LogP contribution in [0.5, 0.6) is 0 Å². The van der Waals surface area contributed by atoms with Crippen LogP contribution in [-0.4, -0.2) is 118 Å². The molecule has 0 spiro atoms. The van der Waals surface area contributed by atoms with Crippen molar-refractivity contribution in [2.24, 2.45) is 0 Å². The summed E-state index contributed by atoms with van der Waals surface area (Å²) < 4.78 is 9.68. The normalized spacial score (nSPS) is 56.2. The molecule has 9 atom stereocenters. The summed E-state index contributed by atoms with van der Waals surface area (Å²) >= 11 is 0. The molecule has 0 radical (unpaired) electrons. The summed E-state index contributed by atoms with van der Waals surface area (Å²) in [7, 11) is -3.04. The fourth-order valence-electron chi connectivity index (χ4n) is 2.60. The average molecular weight is 376 g/mol. The third-order valence-electron chi connectivity index (χ3n) is 4.16. The Bertz CT molecular complexity index is 425. The summed E-state index contributed by atoms with van der Waals surface area (Å²) in [5.41, 5.74) is -3.01. The standard InChI is InChI=1S/C11H21O12P/c12-1-2-3(13)10(19)11(20,24(21)23-2)22-9-7(17)5(15)4(14)6(16)8(9)18/h2-10,12-21H,1H2/t2-,3+,4?,5?,6?,7?,8?,9?,10+,11+,24?/m1/s1. The van der Waals surface area contributed by atoms with Gasteiger partial charge in [0.25, 0.3) is 5.53 Å². The summed E-state index contributed by atoms with van der Waals surface area (Å²) in [6.07, 6.45) is -17.3. The fraction of sp³-hybridized carbons (Fsp3) is 1.00. The van der Waals surface area contributed by atoms with E-state index < -0.39 is 75.4 Å². The average Bonchev–Trinajstić information content (AvgIpc) is 2.56. The first kappa shape index (κ1) is 20.3. The molecule has 1 saturated heterocycles. The highest BCUT2D eigenvalue weighted by molar-refractivity contribution is 7.47. The molecule has 2 rings (SSSR count). The zero-order chi connectivity index (χ0) is 18.4. The third-order valence-corrected chi connectivity index (χ3v) is 5.55. The van der Waals surface area contributed by atoms with Gasteiger partial charge in [-0.25, -0.2) is 0 Å². The minimum atomic E-state index is -3.04. The lowest BCUT2D eigenvalue weighted by Crippen LogP contribution is -2.68. The second-order valence-electron chi connectivity index (χ2n) is 5.73. The lowest BCUT2D eigenvalue weighted by Gasteiger charge is -2.49. The first-order valence-electron chi connectivity index (χ1n) is 6.99. The van der Waals surface area contributed by atoms with Gasteiger partial charge in [0, 0.05) is 0 Å². The lowest BCUT2D eigenvalue weighted by atomic mass is 9.85. The van der Waals surface area contributed by atoms with Crippen LogP contribution in [0.15, 0.2) is 0 Å². The van der Waals surface area contributed by atoms with Gasteiger partial charge in [0.1, 0.15) is 54.9 Å². The van der Waals surface area contributed by atoms with E-state index in [1.807, 2.05) is 0 Å². The molecule has 2 aliphatic rings. The molecular weight excluding hydrogens is 355 g/mol. The first-order chi connectivity index (χ1) is 11.1. The Balaban J connectivity index is 2.24. The van der Waals surface area contributed by atoms with Gasteiger partial charge >= 0.3 is 0 Å². The van der Waals surface area contributed by atoms with E-state index in [9.17, 15) is 45.7 Å². The zero-order valence-electron chi connectivity index (χ0n) is 12.1. The predicted octanol–water partition coefficient (Wildman–Crippen LogP) is -5.75. The van der Waals surface area contributed by atoms with Crippen LogP contribution in [-0.2, 0) is 9.26 Å². The van der Waals surface area contributed by atoms with Gasteiger partial charge in [0.05, 0.1) is 6.61 Å². The molecule has 142 valence electrons. The molecule has 24 heavy (non-hydrogen) atoms. The second kappa shape index (κ2) is 7.29. The number of hydrogen-bond acceptors (Lipinski definition) is 12. The van der Waals surface area contributed by atoms with Gasteiger partial charge in [-0.15, -0.1) is 0 Å². The Labute approximate surface area is 136 Å². The molecule has 0 aromatic heterocycles. The Morgan fingerprint density at radius 1 is 0.833 bits per heavy atom. The molecule has 1 saturated carbocycles. The van der Waals surface area contributed by atoms with Gasteiger partial charge in [-0.1, -0.05) is 0 Å². The Morgan fingerprint density at radius 3 is 1.75 bits per heavy atom. The van der Waals surface area contributed by atoms with Crippen LogP contribution in [0.4, 0.5) is 0 Å². The maximum Gasteiger partial charge on any atom is 0.267 e. The van der Waals surface area contributed by atoms with Gasteiger partial charge in [-0.2, -0.15) is 0 Å². The molecule has 5 unspecified atom stereocenters. The fourth-order valence-corrected chi connectivity index (χ4v) is 3.79. The number of hydrogen-bond donors (Lipinski definition) is 10. The quantitative estimate of drug-likeness (QED) is 0.164. The van der Waals surface area contributed by atoms with Gasteiger partial charge in [0.15, 0.2) is 0 Å². The van der Waals surface area contributed by atoms with Crippen molar-refractivity contribution in [3.63, 3.8) is 0 Å². The molecule has 0 bridgehead atoms. The maximum atomic E-state index is 10.3. The highest BCUT2D eigenvalue weighted by Gasteiger charge is 2.60. The van der Waals surface area contributed by atoms with Crippen LogP contribution >= 0.6 is 8.38 Å². The van der Waals surface area contributed by atoms with E-state index >= 15 is 0 Å². The minimum absolute atomic E-state index is 0.786. The SMILES string of the molecule is OC[C@H]1OP(O)[C@@](O)(OC2C(O)C(O)C(O)C(O)C2O)[C@@H](O)[C@H]1O. The monoisotopic (exact) mass is 376 g/mol. The molecule has 0 aromatic carbocycles. The molecule has 1 aliphatic heterocycles. The molecule has 13 heteroatoms. The van der Waals surface area contributed by atoms with Crippen LogP contribution < -0.4 is 0 Å². The second-order valence-corrected chi connectivity index (χ2v) is 7.13. The molecule has 12 nitrogen and oxygen atoms in total. The van der Waals surface area contributed by atoms with E-state index in [4.69, 9.17) is 14.4 Å². The summed E-state index contributed by atoms with van der Waals surface area (Å²) in [4.78, 5) is 9.85. The molecule has 1 aliphatic carbocycles. The Morgan fingerprint density at radius 2 is 1.29 bits per heavy atom. The van der Waals surface area contributed by atoms with E-state index in [-0.39, 0.29) is 0 Å². The van der Waals surface area contributed by atoms with Crippen LogP contribution in [0.2, 0.25) is 0 Å². The third kappa shape index (κ3) is 3.19. The lowest BCUT2D eigenvalue weighted by molar-refractivity contribution is -0.318. The predicted molar refractivity (Wildman–Crippen MR) is 73.0 cm³/mol. The van der Waals surface area contributed by atoms with Crippen molar-refractivity contribution in [1.29, 1.82) is 0 Å². The van der Waals surface area contributed by atoms with Crippen LogP contribution in [0.25, 0.3) is 0 Å². The summed E-state index contributed by atoms with van der Waals surface area (Å²) in [5, 5.41) is 87.4. The number of ether oxygens (including phenoxy) is 1. The maximum absolute atomic E-state index is 10.3. The number of aliphatic hydroxyl groups is 9. The van der Waals surface area contributed by atoms with E-state index in [0.29, 0.717) is 0 Å². The zero-order valence-corrected chi connectivity index (χ0v) is 13.0. The van der Waals surface area contributed by atoms with E-state index in [0.717, 1.165) is 0 Å². The molecule has 0 amide bonds. The van der Waals surface area contributed by atoms with Crippen molar-refractivity contribution in [2.75, 3.05) is 6.61 Å². The van der Waals surface area contributed by atoms with Gasteiger partial charge in [-0.3, -0.25) is 0 Å². The van der Waals surface area contributed by atoms with Crippen LogP contribution in [0, 0.1) is 0 Å². The molecule has 1 heterocycles. The van der Waals surface area contributed by atoms with Crippen molar-refractivity contribution in [1.82, 2.24) is 0 Å². The van der Waals surface area contributed by atoms with Crippen molar-refractivity contribution in [3.05, 3.63) is 0 Å². The van der Waals surface area contributed by atoms with Crippen molar-refractivity contribution in [3.8, 4) is 0 Å². The highest BCUT2D eigenvalue weighted by atomic mass is 31.2. The van der Waals surface area contributed by atoms with E-state index in [1.165, 1.54) is 0 Å². The summed E-state index contributed by atoms with van der Waals surface area (Å²) in [5.74, 6) is 0. The number of rotatable bonds is 3. The summed E-state index contributed by atoms with van der Waals surface area (Å²) in [6, 6.07) is 0. The van der Waals surface area contributed by atoms with Gasteiger partial charge in [0.2, 0.25) is 8.38 Å². The van der Waals surface area contributed by atoms with E-state index in [2.05, 4.69) is 0 Å². The van der Waals surface area contributed by atoms with Gasteiger partial charge < -0.3 is 60.1 Å². The number of aliphatic hydroxyl groups excluding tert-OH is 8. The van der Waals surface area contributed by atoms with Crippen molar-refractivity contribution in [2.45, 2.75) is 60.5 Å². The van der Waals surface area contributed by atoms with Gasteiger partial charge in [-0.05, 0) is 0 Å². The molecule has 0 aromatic rings. The highest BCUT2D eigenvalue weighted by Crippen LogP contribution is 2.55. The first-order valence-corrected chi connectivity index (χ1v) is 8.20. The van der Waals surface area contributed by atoms with Crippen LogP contribution in [0.1, 0.15) is 0 Å². The minimum Gasteiger partial charge on any atom is -0.394 e. The molecule has 2 fully saturated rings. The van der Waals surface area contributed by atoms with E-state index in [1.54, 1.807) is 0 Å². The van der Waals surface area contributed by atoms with Crippen LogP contribution in [0.3, 0.4) is 0 Å². The Hall–Kier alpha value is -0.0500. The largest absolute Gasteiger partial charge is 0.394 e. The molecular formula is C11H21O12P. The smallest absolute Gasteiger partial charge is 0.267 e. The Kier molecular flexibility index (Phi) is 6.15.